The molecule has 1 aliphatic heterocycles. The summed E-state index contributed by atoms with van der Waals surface area (Å²) in [5.74, 6) is 0.917. The van der Waals surface area contributed by atoms with Gasteiger partial charge in [-0.15, -0.1) is 0 Å². The van der Waals surface area contributed by atoms with Crippen molar-refractivity contribution in [2.75, 3.05) is 26.2 Å². The summed E-state index contributed by atoms with van der Waals surface area (Å²) in [5, 5.41) is 3.44. The minimum atomic E-state index is 0.866. The van der Waals surface area contributed by atoms with E-state index in [9.17, 15) is 0 Å². The first kappa shape index (κ1) is 12.5. The number of hydrogen-bond donors (Lipinski definition) is 1. The molecule has 1 aromatic heterocycles. The molecule has 0 spiro atoms. The molecule has 1 aliphatic rings. The molecule has 0 bridgehead atoms. The van der Waals surface area contributed by atoms with Gasteiger partial charge in [-0.2, -0.15) is 0 Å². The summed E-state index contributed by atoms with van der Waals surface area (Å²) in [4.78, 5) is 10.6. The lowest BCUT2D eigenvalue weighted by Crippen LogP contribution is -2.37. The maximum atomic E-state index is 4.00. The first-order chi connectivity index (χ1) is 8.34. The van der Waals surface area contributed by atoms with Crippen molar-refractivity contribution in [3.63, 3.8) is 0 Å². The summed E-state index contributed by atoms with van der Waals surface area (Å²) in [7, 11) is 0. The van der Waals surface area contributed by atoms with Crippen LogP contribution in [0, 0.1) is 5.92 Å². The van der Waals surface area contributed by atoms with Gasteiger partial charge >= 0.3 is 0 Å². The van der Waals surface area contributed by atoms with Gasteiger partial charge in [0.1, 0.15) is 6.33 Å². The van der Waals surface area contributed by atoms with Gasteiger partial charge in [-0.05, 0) is 31.8 Å². The van der Waals surface area contributed by atoms with Gasteiger partial charge in [0.15, 0.2) is 0 Å². The highest BCUT2D eigenvalue weighted by molar-refractivity contribution is 5.01. The van der Waals surface area contributed by atoms with Crippen LogP contribution >= 0.6 is 0 Å². The van der Waals surface area contributed by atoms with Crippen molar-refractivity contribution in [1.29, 1.82) is 0 Å². The Bertz CT molecular complexity index is 306. The molecule has 2 heterocycles. The molecule has 1 N–H and O–H groups in total. The zero-order chi connectivity index (χ0) is 11.9. The Hall–Kier alpha value is -1.00. The lowest BCUT2D eigenvalue weighted by Gasteiger charge is -2.30. The number of nitrogens with zero attached hydrogens (tertiary/aromatic N) is 3. The molecule has 1 fully saturated rings. The van der Waals surface area contributed by atoms with Gasteiger partial charge in [0.2, 0.25) is 0 Å². The predicted octanol–water partition coefficient (Wildman–Crippen LogP) is 1.30. The van der Waals surface area contributed by atoms with Crippen molar-refractivity contribution in [1.82, 2.24) is 20.2 Å². The van der Waals surface area contributed by atoms with Crippen LogP contribution in [0.15, 0.2) is 18.7 Å². The monoisotopic (exact) mass is 234 g/mol. The van der Waals surface area contributed by atoms with E-state index >= 15 is 0 Å². The van der Waals surface area contributed by atoms with Crippen LogP contribution in [0.25, 0.3) is 0 Å². The van der Waals surface area contributed by atoms with Crippen molar-refractivity contribution in [2.45, 2.75) is 26.3 Å². The number of aromatic nitrogens is 2. The van der Waals surface area contributed by atoms with Crippen LogP contribution in [-0.2, 0) is 6.54 Å². The summed E-state index contributed by atoms with van der Waals surface area (Å²) in [5.41, 5.74) is 1.15. The maximum Gasteiger partial charge on any atom is 0.115 e. The Morgan fingerprint density at radius 3 is 2.71 bits per heavy atom. The van der Waals surface area contributed by atoms with Gasteiger partial charge in [0.05, 0.1) is 0 Å². The first-order valence-electron chi connectivity index (χ1n) is 6.51. The third kappa shape index (κ3) is 4.40. The normalized spacial score (nSPS) is 18.4. The number of piperidine rings is 1. The van der Waals surface area contributed by atoms with E-state index in [0.29, 0.717) is 0 Å². The highest BCUT2D eigenvalue weighted by atomic mass is 15.1. The summed E-state index contributed by atoms with van der Waals surface area (Å²) < 4.78 is 0. The third-order valence-electron chi connectivity index (χ3n) is 3.42. The molecule has 0 aliphatic carbocycles. The molecule has 1 saturated heterocycles. The topological polar surface area (TPSA) is 41.0 Å². The molecule has 17 heavy (non-hydrogen) atoms. The van der Waals surface area contributed by atoms with E-state index < -0.39 is 0 Å². The number of hydrogen-bond acceptors (Lipinski definition) is 4. The number of likely N-dealkylation sites (tertiary alicyclic amines) is 1. The van der Waals surface area contributed by atoms with Crippen molar-refractivity contribution in [3.05, 3.63) is 24.3 Å². The Morgan fingerprint density at radius 1 is 1.29 bits per heavy atom. The van der Waals surface area contributed by atoms with E-state index in [1.807, 2.05) is 12.4 Å². The molecular weight excluding hydrogens is 212 g/mol. The SMILES string of the molecule is CC1CCN(CCNCc2cncnc2)CC1. The van der Waals surface area contributed by atoms with Crippen molar-refractivity contribution < 1.29 is 0 Å². The van der Waals surface area contributed by atoms with E-state index in [2.05, 4.69) is 27.1 Å². The third-order valence-corrected chi connectivity index (χ3v) is 3.42. The number of rotatable bonds is 5. The molecule has 0 atom stereocenters. The maximum absolute atomic E-state index is 4.00. The minimum Gasteiger partial charge on any atom is -0.311 e. The van der Waals surface area contributed by atoms with E-state index in [-0.39, 0.29) is 0 Å². The van der Waals surface area contributed by atoms with Crippen molar-refractivity contribution in [3.8, 4) is 0 Å². The Kier molecular flexibility index (Phi) is 4.88. The molecule has 4 heteroatoms. The van der Waals surface area contributed by atoms with Crippen LogP contribution < -0.4 is 5.32 Å². The zero-order valence-corrected chi connectivity index (χ0v) is 10.6. The van der Waals surface area contributed by atoms with E-state index in [1.165, 1.54) is 25.9 Å². The average molecular weight is 234 g/mol. The fourth-order valence-electron chi connectivity index (χ4n) is 2.18. The van der Waals surface area contributed by atoms with Crippen molar-refractivity contribution in [2.24, 2.45) is 5.92 Å². The predicted molar refractivity (Wildman–Crippen MR) is 68.6 cm³/mol. The van der Waals surface area contributed by atoms with Crippen LogP contribution in [-0.4, -0.2) is 41.0 Å². The van der Waals surface area contributed by atoms with Crippen LogP contribution in [0.1, 0.15) is 25.3 Å². The van der Waals surface area contributed by atoms with E-state index in [1.54, 1.807) is 6.33 Å². The van der Waals surface area contributed by atoms with Gasteiger partial charge in [-0.3, -0.25) is 0 Å². The van der Waals surface area contributed by atoms with Gasteiger partial charge < -0.3 is 10.2 Å². The molecular formula is C13H22N4. The molecule has 0 amide bonds. The molecule has 0 radical (unpaired) electrons. The highest BCUT2D eigenvalue weighted by Crippen LogP contribution is 2.14. The van der Waals surface area contributed by atoms with Crippen LogP contribution in [0.3, 0.4) is 0 Å². The van der Waals surface area contributed by atoms with Gasteiger partial charge in [0, 0.05) is 37.6 Å². The zero-order valence-electron chi connectivity index (χ0n) is 10.6. The molecule has 0 unspecified atom stereocenters. The molecule has 0 aromatic carbocycles. The Labute approximate surface area is 103 Å². The lowest BCUT2D eigenvalue weighted by molar-refractivity contribution is 0.193. The number of nitrogens with one attached hydrogen (secondary N) is 1. The molecule has 4 nitrogen and oxygen atoms in total. The smallest absolute Gasteiger partial charge is 0.115 e. The fourth-order valence-corrected chi connectivity index (χ4v) is 2.18. The second-order valence-corrected chi connectivity index (χ2v) is 4.95. The Morgan fingerprint density at radius 2 is 2.00 bits per heavy atom. The molecule has 1 aromatic rings. The summed E-state index contributed by atoms with van der Waals surface area (Å²) in [6.07, 6.45) is 8.00. The second kappa shape index (κ2) is 6.67. The highest BCUT2D eigenvalue weighted by Gasteiger charge is 2.14. The van der Waals surface area contributed by atoms with Crippen LogP contribution in [0.4, 0.5) is 0 Å². The van der Waals surface area contributed by atoms with Crippen LogP contribution in [0.2, 0.25) is 0 Å². The van der Waals surface area contributed by atoms with Gasteiger partial charge in [-0.1, -0.05) is 6.92 Å². The fraction of sp³-hybridized carbons (Fsp3) is 0.692. The standard InChI is InChI=1S/C13H22N4/c1-12-2-5-17(6-3-12)7-4-14-8-13-9-15-11-16-10-13/h9-12,14H,2-8H2,1H3. The largest absolute Gasteiger partial charge is 0.311 e. The van der Waals surface area contributed by atoms with Gasteiger partial charge in [0.25, 0.3) is 0 Å². The summed E-state index contributed by atoms with van der Waals surface area (Å²) >= 11 is 0. The lowest BCUT2D eigenvalue weighted by atomic mass is 9.99. The molecule has 94 valence electrons. The quantitative estimate of drug-likeness (QED) is 0.780. The Balaban J connectivity index is 1.57. The summed E-state index contributed by atoms with van der Waals surface area (Å²) in [6.45, 7) is 7.94. The van der Waals surface area contributed by atoms with E-state index in [0.717, 1.165) is 31.1 Å². The first-order valence-corrected chi connectivity index (χ1v) is 6.51. The van der Waals surface area contributed by atoms with Crippen LogP contribution in [0.5, 0.6) is 0 Å². The average Bonchev–Trinajstić information content (AvgIpc) is 2.38. The van der Waals surface area contributed by atoms with Crippen molar-refractivity contribution >= 4 is 0 Å². The summed E-state index contributed by atoms with van der Waals surface area (Å²) in [6, 6.07) is 0. The second-order valence-electron chi connectivity index (χ2n) is 4.95. The van der Waals surface area contributed by atoms with E-state index in [4.69, 9.17) is 0 Å². The molecule has 2 rings (SSSR count). The van der Waals surface area contributed by atoms with Gasteiger partial charge in [-0.25, -0.2) is 9.97 Å². The minimum absolute atomic E-state index is 0.866. The molecule has 0 saturated carbocycles.